The second kappa shape index (κ2) is 8.48. The maximum absolute atomic E-state index is 12.9. The van der Waals surface area contributed by atoms with Crippen LogP contribution in [0.15, 0.2) is 53.4 Å². The number of sulfonamides is 1. The molecule has 2 heterocycles. The van der Waals surface area contributed by atoms with Gasteiger partial charge < -0.3 is 4.74 Å². The Morgan fingerprint density at radius 3 is 2.62 bits per heavy atom. The zero-order valence-electron chi connectivity index (χ0n) is 15.7. The van der Waals surface area contributed by atoms with Crippen LogP contribution in [0.3, 0.4) is 0 Å². The Hall–Kier alpha value is -2.49. The van der Waals surface area contributed by atoms with E-state index in [9.17, 15) is 13.2 Å². The smallest absolute Gasteiger partial charge is 0.264 e. The van der Waals surface area contributed by atoms with Gasteiger partial charge in [-0.1, -0.05) is 36.0 Å². The van der Waals surface area contributed by atoms with E-state index in [-0.39, 0.29) is 17.4 Å². The third-order valence-corrected chi connectivity index (χ3v) is 7.50. The molecule has 1 amide bonds. The van der Waals surface area contributed by atoms with Gasteiger partial charge >= 0.3 is 0 Å². The molecule has 1 aromatic heterocycles. The number of fused-ring (bicyclic) bond motifs is 1. The van der Waals surface area contributed by atoms with Gasteiger partial charge in [-0.15, -0.1) is 0 Å². The van der Waals surface area contributed by atoms with Crippen molar-refractivity contribution >= 4 is 42.6 Å². The average Bonchev–Trinajstić information content (AvgIpc) is 3.15. The molecule has 3 aromatic rings. The summed E-state index contributed by atoms with van der Waals surface area (Å²) in [5.74, 6) is 0.286. The van der Waals surface area contributed by atoms with Gasteiger partial charge in [-0.05, 0) is 43.2 Å². The molecule has 1 fully saturated rings. The van der Waals surface area contributed by atoms with Crippen molar-refractivity contribution in [2.45, 2.75) is 24.2 Å². The number of hydrogen-bond donors (Lipinski definition) is 1. The summed E-state index contributed by atoms with van der Waals surface area (Å²) in [6, 6.07) is 14.0. The van der Waals surface area contributed by atoms with Gasteiger partial charge in [0.1, 0.15) is 5.75 Å². The molecule has 1 aliphatic heterocycles. The van der Waals surface area contributed by atoms with Crippen LogP contribution in [0.4, 0.5) is 5.13 Å². The minimum atomic E-state index is -3.50. The van der Waals surface area contributed by atoms with Crippen molar-refractivity contribution in [1.82, 2.24) is 9.29 Å². The highest BCUT2D eigenvalue weighted by Gasteiger charge is 2.26. The highest BCUT2D eigenvalue weighted by Crippen LogP contribution is 2.30. The molecule has 2 aromatic carbocycles. The number of nitrogens with zero attached hydrogens (tertiary/aromatic N) is 2. The lowest BCUT2D eigenvalue weighted by Gasteiger charge is -2.25. The van der Waals surface area contributed by atoms with Gasteiger partial charge in [0.25, 0.3) is 5.91 Å². The molecule has 1 saturated heterocycles. The van der Waals surface area contributed by atoms with E-state index in [1.54, 1.807) is 34.6 Å². The Labute approximate surface area is 173 Å². The lowest BCUT2D eigenvalue weighted by molar-refractivity contribution is -0.118. The lowest BCUT2D eigenvalue weighted by Crippen LogP contribution is -2.35. The molecule has 1 aliphatic rings. The summed E-state index contributed by atoms with van der Waals surface area (Å²) in [7, 11) is -3.50. The first-order valence-electron chi connectivity index (χ1n) is 9.41. The number of nitrogens with one attached hydrogen (secondary N) is 1. The van der Waals surface area contributed by atoms with Crippen molar-refractivity contribution in [3.63, 3.8) is 0 Å². The molecule has 0 bridgehead atoms. The van der Waals surface area contributed by atoms with Crippen LogP contribution in [-0.2, 0) is 14.8 Å². The van der Waals surface area contributed by atoms with Gasteiger partial charge in [-0.25, -0.2) is 13.4 Å². The molecule has 152 valence electrons. The van der Waals surface area contributed by atoms with Crippen molar-refractivity contribution in [2.75, 3.05) is 25.0 Å². The monoisotopic (exact) mass is 431 g/mol. The predicted molar refractivity (Wildman–Crippen MR) is 113 cm³/mol. The number of aromatic nitrogens is 1. The number of rotatable bonds is 6. The SMILES string of the molecule is O=C(COc1ccccc1)Nc1nc2ccc(S(=O)(=O)N3CCCCC3)cc2s1. The van der Waals surface area contributed by atoms with E-state index in [1.165, 1.54) is 11.3 Å². The van der Waals surface area contributed by atoms with E-state index in [4.69, 9.17) is 4.74 Å². The summed E-state index contributed by atoms with van der Waals surface area (Å²) in [4.78, 5) is 16.8. The number of hydrogen-bond acceptors (Lipinski definition) is 6. The Balaban J connectivity index is 1.46. The normalized spacial score (nSPS) is 15.3. The van der Waals surface area contributed by atoms with Gasteiger partial charge in [0, 0.05) is 13.1 Å². The molecule has 0 unspecified atom stereocenters. The first-order chi connectivity index (χ1) is 14.0. The van der Waals surface area contributed by atoms with Crippen molar-refractivity contribution in [3.8, 4) is 5.75 Å². The van der Waals surface area contributed by atoms with Crippen LogP contribution in [0.5, 0.6) is 5.75 Å². The minimum Gasteiger partial charge on any atom is -0.484 e. The number of carbonyl (C=O) groups excluding carboxylic acids is 1. The Bertz CT molecular complexity index is 1110. The number of ether oxygens (including phenoxy) is 1. The minimum absolute atomic E-state index is 0.130. The molecule has 0 atom stereocenters. The second-order valence-corrected chi connectivity index (χ2v) is 9.73. The highest BCUT2D eigenvalue weighted by atomic mass is 32.2. The fourth-order valence-corrected chi connectivity index (χ4v) is 5.73. The zero-order valence-corrected chi connectivity index (χ0v) is 17.3. The number of carbonyl (C=O) groups is 1. The lowest BCUT2D eigenvalue weighted by atomic mass is 10.2. The maximum atomic E-state index is 12.9. The Kier molecular flexibility index (Phi) is 5.79. The van der Waals surface area contributed by atoms with Gasteiger partial charge in [0.05, 0.1) is 15.1 Å². The topological polar surface area (TPSA) is 88.6 Å². The first-order valence-corrected chi connectivity index (χ1v) is 11.7. The van der Waals surface area contributed by atoms with E-state index in [2.05, 4.69) is 10.3 Å². The summed E-state index contributed by atoms with van der Waals surface area (Å²) >= 11 is 1.24. The summed E-state index contributed by atoms with van der Waals surface area (Å²) in [6.45, 7) is 0.992. The van der Waals surface area contributed by atoms with Crippen molar-refractivity contribution in [1.29, 1.82) is 0 Å². The van der Waals surface area contributed by atoms with E-state index < -0.39 is 10.0 Å². The fourth-order valence-electron chi connectivity index (χ4n) is 3.19. The van der Waals surface area contributed by atoms with Gasteiger partial charge in [-0.2, -0.15) is 4.31 Å². The van der Waals surface area contributed by atoms with Crippen LogP contribution >= 0.6 is 11.3 Å². The third-order valence-electron chi connectivity index (χ3n) is 4.67. The molecule has 0 saturated carbocycles. The number of benzene rings is 2. The van der Waals surface area contributed by atoms with Crippen LogP contribution in [0.2, 0.25) is 0 Å². The molecule has 0 spiro atoms. The van der Waals surface area contributed by atoms with E-state index in [0.29, 0.717) is 34.2 Å². The maximum Gasteiger partial charge on any atom is 0.264 e. The van der Waals surface area contributed by atoms with Gasteiger partial charge in [-0.3, -0.25) is 10.1 Å². The van der Waals surface area contributed by atoms with Crippen LogP contribution in [0, 0.1) is 0 Å². The number of amides is 1. The average molecular weight is 432 g/mol. The Morgan fingerprint density at radius 2 is 1.86 bits per heavy atom. The highest BCUT2D eigenvalue weighted by molar-refractivity contribution is 7.89. The van der Waals surface area contributed by atoms with E-state index in [0.717, 1.165) is 19.3 Å². The van der Waals surface area contributed by atoms with Crippen LogP contribution < -0.4 is 10.1 Å². The molecule has 1 N–H and O–H groups in total. The number of anilines is 1. The summed E-state index contributed by atoms with van der Waals surface area (Å²) < 4.78 is 33.4. The van der Waals surface area contributed by atoms with Crippen LogP contribution in [0.25, 0.3) is 10.2 Å². The molecular formula is C20H21N3O4S2. The largest absolute Gasteiger partial charge is 0.484 e. The standard InChI is InChI=1S/C20H21N3O4S2/c24-19(14-27-15-7-3-1-4-8-15)22-20-21-17-10-9-16(13-18(17)28-20)29(25,26)23-11-5-2-6-12-23/h1,3-4,7-10,13H,2,5-6,11-12,14H2,(H,21,22,24). The number of thiazole rings is 1. The summed E-state index contributed by atoms with van der Waals surface area (Å²) in [6.07, 6.45) is 2.85. The number of piperidine rings is 1. The van der Waals surface area contributed by atoms with Crippen molar-refractivity contribution in [3.05, 3.63) is 48.5 Å². The molecule has 29 heavy (non-hydrogen) atoms. The second-order valence-electron chi connectivity index (χ2n) is 6.76. The molecule has 9 heteroatoms. The molecule has 0 radical (unpaired) electrons. The molecule has 7 nitrogen and oxygen atoms in total. The van der Waals surface area contributed by atoms with Gasteiger partial charge in [0.15, 0.2) is 11.7 Å². The first kappa shape index (κ1) is 19.8. The summed E-state index contributed by atoms with van der Waals surface area (Å²) in [5, 5.41) is 3.12. The number of para-hydroxylation sites is 1. The van der Waals surface area contributed by atoms with Crippen molar-refractivity contribution < 1.29 is 17.9 Å². The quantitative estimate of drug-likeness (QED) is 0.645. The van der Waals surface area contributed by atoms with Crippen molar-refractivity contribution in [2.24, 2.45) is 0 Å². The molecular weight excluding hydrogens is 410 g/mol. The van der Waals surface area contributed by atoms with Crippen LogP contribution in [0.1, 0.15) is 19.3 Å². The fraction of sp³-hybridized carbons (Fsp3) is 0.300. The predicted octanol–water partition coefficient (Wildman–Crippen LogP) is 3.49. The van der Waals surface area contributed by atoms with E-state index >= 15 is 0 Å². The third kappa shape index (κ3) is 4.58. The van der Waals surface area contributed by atoms with Crippen LogP contribution in [-0.4, -0.2) is 43.3 Å². The van der Waals surface area contributed by atoms with Gasteiger partial charge in [0.2, 0.25) is 10.0 Å². The molecule has 0 aliphatic carbocycles. The zero-order chi connectivity index (χ0) is 20.3. The molecule has 4 rings (SSSR count). The Morgan fingerprint density at radius 1 is 1.10 bits per heavy atom. The summed E-state index contributed by atoms with van der Waals surface area (Å²) in [5.41, 5.74) is 0.645. The van der Waals surface area contributed by atoms with E-state index in [1.807, 2.05) is 18.2 Å².